The van der Waals surface area contributed by atoms with Gasteiger partial charge < -0.3 is 5.32 Å². The molecular formula is C10H18ClN3O2S2. The average molecular weight is 312 g/mol. The SMILES string of the molecule is Cc1ncc(S(=O)(=O)N2CC(C)NC(C)C2)s1.Cl. The van der Waals surface area contributed by atoms with Gasteiger partial charge in [-0.3, -0.25) is 0 Å². The summed E-state index contributed by atoms with van der Waals surface area (Å²) in [6, 6.07) is 0.366. The zero-order chi connectivity index (χ0) is 12.6. The molecule has 2 rings (SSSR count). The number of hydrogen-bond acceptors (Lipinski definition) is 5. The van der Waals surface area contributed by atoms with E-state index in [1.807, 2.05) is 20.8 Å². The molecule has 1 aromatic heterocycles. The van der Waals surface area contributed by atoms with E-state index >= 15 is 0 Å². The molecular weight excluding hydrogens is 294 g/mol. The Labute approximate surface area is 118 Å². The van der Waals surface area contributed by atoms with E-state index in [0.29, 0.717) is 17.3 Å². The molecule has 0 spiro atoms. The molecule has 1 saturated heterocycles. The van der Waals surface area contributed by atoms with Crippen LogP contribution in [0.3, 0.4) is 0 Å². The van der Waals surface area contributed by atoms with Crippen LogP contribution in [0.25, 0.3) is 0 Å². The van der Waals surface area contributed by atoms with Crippen LogP contribution in [0, 0.1) is 6.92 Å². The summed E-state index contributed by atoms with van der Waals surface area (Å²) in [4.78, 5) is 4.01. The van der Waals surface area contributed by atoms with E-state index in [1.54, 1.807) is 4.31 Å². The Morgan fingerprint density at radius 3 is 2.39 bits per heavy atom. The molecule has 1 N–H and O–H groups in total. The van der Waals surface area contributed by atoms with Crippen molar-refractivity contribution < 1.29 is 8.42 Å². The van der Waals surface area contributed by atoms with E-state index in [0.717, 1.165) is 5.01 Å². The first-order chi connectivity index (χ1) is 7.89. The first kappa shape index (κ1) is 15.8. The highest BCUT2D eigenvalue weighted by Crippen LogP contribution is 2.23. The number of nitrogens with one attached hydrogen (secondary N) is 1. The molecule has 8 heteroatoms. The number of aromatic nitrogens is 1. The third-order valence-corrected chi connectivity index (χ3v) is 5.90. The molecule has 2 heterocycles. The van der Waals surface area contributed by atoms with Gasteiger partial charge in [0.2, 0.25) is 0 Å². The van der Waals surface area contributed by atoms with Crippen molar-refractivity contribution in [2.75, 3.05) is 13.1 Å². The Kier molecular flexibility index (Phi) is 5.13. The molecule has 18 heavy (non-hydrogen) atoms. The zero-order valence-corrected chi connectivity index (χ0v) is 13.0. The van der Waals surface area contributed by atoms with Gasteiger partial charge in [-0.1, -0.05) is 0 Å². The summed E-state index contributed by atoms with van der Waals surface area (Å²) >= 11 is 1.23. The molecule has 1 aromatic rings. The summed E-state index contributed by atoms with van der Waals surface area (Å²) in [5.74, 6) is 0. The van der Waals surface area contributed by atoms with E-state index in [1.165, 1.54) is 17.5 Å². The smallest absolute Gasteiger partial charge is 0.254 e. The van der Waals surface area contributed by atoms with Crippen LogP contribution in [0.1, 0.15) is 18.9 Å². The third kappa shape index (κ3) is 3.21. The summed E-state index contributed by atoms with van der Waals surface area (Å²) in [5.41, 5.74) is 0. The van der Waals surface area contributed by atoms with Crippen LogP contribution in [0.4, 0.5) is 0 Å². The Balaban J connectivity index is 0.00000162. The lowest BCUT2D eigenvalue weighted by Crippen LogP contribution is -2.55. The van der Waals surface area contributed by atoms with Crippen molar-refractivity contribution in [1.29, 1.82) is 0 Å². The molecule has 1 aliphatic heterocycles. The van der Waals surface area contributed by atoms with Crippen LogP contribution in [0.5, 0.6) is 0 Å². The van der Waals surface area contributed by atoms with Crippen molar-refractivity contribution in [3.8, 4) is 0 Å². The fourth-order valence-corrected chi connectivity index (χ4v) is 4.94. The Hall–Kier alpha value is -0.210. The molecule has 2 unspecified atom stereocenters. The van der Waals surface area contributed by atoms with Crippen molar-refractivity contribution in [2.45, 2.75) is 37.1 Å². The summed E-state index contributed by atoms with van der Waals surface area (Å²) in [6.45, 7) is 6.84. The minimum atomic E-state index is -3.36. The lowest BCUT2D eigenvalue weighted by molar-refractivity contribution is 0.263. The molecule has 1 aliphatic rings. The Morgan fingerprint density at radius 1 is 1.39 bits per heavy atom. The fourth-order valence-electron chi connectivity index (χ4n) is 2.06. The highest BCUT2D eigenvalue weighted by Gasteiger charge is 2.32. The highest BCUT2D eigenvalue weighted by atomic mass is 35.5. The monoisotopic (exact) mass is 311 g/mol. The van der Waals surface area contributed by atoms with E-state index in [2.05, 4.69) is 10.3 Å². The van der Waals surface area contributed by atoms with Gasteiger partial charge in [-0.05, 0) is 20.8 Å². The minimum Gasteiger partial charge on any atom is -0.309 e. The normalized spacial score (nSPS) is 25.7. The van der Waals surface area contributed by atoms with Crippen LogP contribution in [-0.4, -0.2) is 42.9 Å². The first-order valence-corrected chi connectivity index (χ1v) is 7.84. The van der Waals surface area contributed by atoms with Gasteiger partial charge in [0.15, 0.2) is 4.21 Å². The maximum absolute atomic E-state index is 12.4. The van der Waals surface area contributed by atoms with Gasteiger partial charge in [0.25, 0.3) is 10.0 Å². The van der Waals surface area contributed by atoms with E-state index in [-0.39, 0.29) is 24.5 Å². The maximum Gasteiger partial charge on any atom is 0.254 e. The van der Waals surface area contributed by atoms with Gasteiger partial charge >= 0.3 is 0 Å². The Bertz CT molecular complexity index is 493. The van der Waals surface area contributed by atoms with Crippen LogP contribution >= 0.6 is 23.7 Å². The van der Waals surface area contributed by atoms with Crippen molar-refractivity contribution in [2.24, 2.45) is 0 Å². The van der Waals surface area contributed by atoms with Gasteiger partial charge in [0.05, 0.1) is 11.2 Å². The fraction of sp³-hybridized carbons (Fsp3) is 0.700. The van der Waals surface area contributed by atoms with Gasteiger partial charge in [0.1, 0.15) is 0 Å². The number of hydrogen-bond donors (Lipinski definition) is 1. The lowest BCUT2D eigenvalue weighted by Gasteiger charge is -2.34. The molecule has 0 amide bonds. The lowest BCUT2D eigenvalue weighted by atomic mass is 10.2. The van der Waals surface area contributed by atoms with Crippen molar-refractivity contribution in [3.63, 3.8) is 0 Å². The minimum absolute atomic E-state index is 0. The second-order valence-corrected chi connectivity index (χ2v) is 7.89. The topological polar surface area (TPSA) is 62.3 Å². The molecule has 1 fully saturated rings. The number of thiazole rings is 1. The van der Waals surface area contributed by atoms with Gasteiger partial charge in [-0.2, -0.15) is 4.31 Å². The first-order valence-electron chi connectivity index (χ1n) is 5.58. The zero-order valence-electron chi connectivity index (χ0n) is 10.6. The third-order valence-electron chi connectivity index (χ3n) is 2.72. The van der Waals surface area contributed by atoms with Crippen molar-refractivity contribution >= 4 is 33.8 Å². The predicted octanol–water partition coefficient (Wildman–Crippen LogP) is 1.24. The van der Waals surface area contributed by atoms with Gasteiger partial charge in [0, 0.05) is 25.2 Å². The van der Waals surface area contributed by atoms with E-state index in [4.69, 9.17) is 0 Å². The molecule has 104 valence electrons. The molecule has 2 atom stereocenters. The molecule has 0 saturated carbocycles. The largest absolute Gasteiger partial charge is 0.309 e. The molecule has 0 aliphatic carbocycles. The number of aryl methyl sites for hydroxylation is 1. The number of piperazine rings is 1. The molecule has 0 bridgehead atoms. The van der Waals surface area contributed by atoms with Gasteiger partial charge in [-0.25, -0.2) is 13.4 Å². The van der Waals surface area contributed by atoms with Crippen molar-refractivity contribution in [1.82, 2.24) is 14.6 Å². The number of halogens is 1. The van der Waals surface area contributed by atoms with Crippen molar-refractivity contribution in [3.05, 3.63) is 11.2 Å². The maximum atomic E-state index is 12.4. The molecule has 0 aromatic carbocycles. The number of nitrogens with zero attached hydrogens (tertiary/aromatic N) is 2. The molecule has 0 radical (unpaired) electrons. The average Bonchev–Trinajstić information content (AvgIpc) is 2.64. The second-order valence-electron chi connectivity index (χ2n) is 4.49. The molecule has 5 nitrogen and oxygen atoms in total. The summed E-state index contributed by atoms with van der Waals surface area (Å²) in [6.07, 6.45) is 1.45. The Morgan fingerprint density at radius 2 is 1.94 bits per heavy atom. The summed E-state index contributed by atoms with van der Waals surface area (Å²) in [7, 11) is -3.36. The van der Waals surface area contributed by atoms with E-state index < -0.39 is 10.0 Å². The van der Waals surface area contributed by atoms with Crippen LogP contribution in [0.2, 0.25) is 0 Å². The standard InChI is InChI=1S/C10H17N3O2S2.ClH/c1-7-5-13(6-8(2)12-7)17(14,15)10-4-11-9(3)16-10;/h4,7-8,12H,5-6H2,1-3H3;1H. The summed E-state index contributed by atoms with van der Waals surface area (Å²) < 4.78 is 26.6. The quantitative estimate of drug-likeness (QED) is 0.893. The van der Waals surface area contributed by atoms with E-state index in [9.17, 15) is 8.42 Å². The highest BCUT2D eigenvalue weighted by molar-refractivity contribution is 7.91. The van der Waals surface area contributed by atoms with Crippen LogP contribution < -0.4 is 5.32 Å². The predicted molar refractivity (Wildman–Crippen MR) is 74.9 cm³/mol. The van der Waals surface area contributed by atoms with Gasteiger partial charge in [-0.15, -0.1) is 23.7 Å². The van der Waals surface area contributed by atoms with Crippen LogP contribution in [-0.2, 0) is 10.0 Å². The number of sulfonamides is 1. The second kappa shape index (κ2) is 5.83. The summed E-state index contributed by atoms with van der Waals surface area (Å²) in [5, 5.41) is 4.10. The van der Waals surface area contributed by atoms with Crippen LogP contribution in [0.15, 0.2) is 10.4 Å². The number of rotatable bonds is 2.